The summed E-state index contributed by atoms with van der Waals surface area (Å²) in [4.78, 5) is 24.4. The molecule has 0 aliphatic rings. The summed E-state index contributed by atoms with van der Waals surface area (Å²) < 4.78 is 22.7. The lowest BCUT2D eigenvalue weighted by atomic mass is 10.0. The van der Waals surface area contributed by atoms with Gasteiger partial charge in [0.05, 0.1) is 39.9 Å². The summed E-state index contributed by atoms with van der Waals surface area (Å²) in [7, 11) is 1.23. The minimum Gasteiger partial charge on any atom is -0.756 e. The predicted molar refractivity (Wildman–Crippen MR) is 219 cm³/mol. The molecule has 8 nitrogen and oxygen atoms in total. The topological polar surface area (TPSA) is 108 Å². The summed E-state index contributed by atoms with van der Waals surface area (Å²) in [6.07, 6.45) is 43.9. The Morgan fingerprint density at radius 2 is 1.08 bits per heavy atom. The van der Waals surface area contributed by atoms with Crippen LogP contribution in [0.1, 0.15) is 181 Å². The van der Waals surface area contributed by atoms with Crippen molar-refractivity contribution in [3.05, 3.63) is 36.5 Å². The van der Waals surface area contributed by atoms with Crippen LogP contribution in [0.5, 0.6) is 0 Å². The number of unbranched alkanes of at least 4 members (excludes halogenated alkanes) is 21. The molecule has 0 saturated carbocycles. The van der Waals surface area contributed by atoms with Crippen LogP contribution in [0.2, 0.25) is 0 Å². The van der Waals surface area contributed by atoms with Crippen LogP contribution in [-0.2, 0) is 18.4 Å². The number of hydrogen-bond donors (Lipinski definition) is 2. The van der Waals surface area contributed by atoms with E-state index in [1.807, 2.05) is 34.1 Å². The Hall–Kier alpha value is -1.28. The molecule has 0 saturated heterocycles. The highest BCUT2D eigenvalue weighted by Crippen LogP contribution is 2.38. The molecular weight excluding hydrogens is 671 g/mol. The number of rotatable bonds is 38. The van der Waals surface area contributed by atoms with E-state index in [-0.39, 0.29) is 18.9 Å². The number of carbonyl (C=O) groups excluding carboxylic acids is 1. The first-order chi connectivity index (χ1) is 25.0. The Bertz CT molecular complexity index is 948. The molecule has 0 rings (SSSR count). The zero-order valence-corrected chi connectivity index (χ0v) is 35.4. The van der Waals surface area contributed by atoms with Crippen molar-refractivity contribution in [1.29, 1.82) is 0 Å². The number of carbonyl (C=O) groups is 1. The molecule has 306 valence electrons. The number of aliphatic hydroxyl groups excluding tert-OH is 1. The molecule has 0 radical (unpaired) electrons. The Balaban J connectivity index is 3.89. The van der Waals surface area contributed by atoms with Gasteiger partial charge in [0.1, 0.15) is 13.2 Å². The Morgan fingerprint density at radius 1 is 0.654 bits per heavy atom. The van der Waals surface area contributed by atoms with Gasteiger partial charge < -0.3 is 28.8 Å². The van der Waals surface area contributed by atoms with E-state index in [0.717, 1.165) is 25.7 Å². The third-order valence-corrected chi connectivity index (χ3v) is 10.3. The van der Waals surface area contributed by atoms with Crippen molar-refractivity contribution in [3.63, 3.8) is 0 Å². The van der Waals surface area contributed by atoms with Gasteiger partial charge in [0.2, 0.25) is 5.91 Å². The third-order valence-electron chi connectivity index (χ3n) is 9.30. The molecule has 0 aromatic carbocycles. The smallest absolute Gasteiger partial charge is 0.268 e. The average Bonchev–Trinajstić information content (AvgIpc) is 3.08. The van der Waals surface area contributed by atoms with Gasteiger partial charge in [-0.2, -0.15) is 0 Å². The van der Waals surface area contributed by atoms with Gasteiger partial charge in [0.25, 0.3) is 7.82 Å². The SMILES string of the molecule is CCCCCCCCCCCCCCCCCCCCC/C=C/CC/C=C/CC/C=C/C(O)C(COP(=O)([O-])OCC[N+](C)(C)C)NC(=O)CCC. The van der Waals surface area contributed by atoms with Crippen LogP contribution in [0.25, 0.3) is 0 Å². The number of quaternary nitrogens is 1. The summed E-state index contributed by atoms with van der Waals surface area (Å²) in [5.41, 5.74) is 0. The van der Waals surface area contributed by atoms with Crippen molar-refractivity contribution in [2.45, 2.75) is 193 Å². The van der Waals surface area contributed by atoms with Crippen LogP contribution in [0, 0.1) is 0 Å². The van der Waals surface area contributed by atoms with Crippen LogP contribution < -0.4 is 10.2 Å². The van der Waals surface area contributed by atoms with E-state index in [1.165, 1.54) is 128 Å². The number of amides is 1. The zero-order chi connectivity index (χ0) is 38.6. The van der Waals surface area contributed by atoms with Gasteiger partial charge in [0, 0.05) is 6.42 Å². The third kappa shape index (κ3) is 37.1. The van der Waals surface area contributed by atoms with Crippen molar-refractivity contribution in [2.24, 2.45) is 0 Å². The molecule has 0 aliphatic heterocycles. The molecule has 0 fully saturated rings. The summed E-state index contributed by atoms with van der Waals surface area (Å²) in [5.74, 6) is -0.266. The monoisotopic (exact) mass is 755 g/mol. The molecule has 0 heterocycles. The second-order valence-electron chi connectivity index (χ2n) is 15.7. The van der Waals surface area contributed by atoms with E-state index in [0.29, 0.717) is 17.4 Å². The molecule has 0 aromatic heterocycles. The van der Waals surface area contributed by atoms with Crippen molar-refractivity contribution >= 4 is 13.7 Å². The lowest BCUT2D eigenvalue weighted by Gasteiger charge is -2.29. The van der Waals surface area contributed by atoms with E-state index in [2.05, 4.69) is 36.5 Å². The van der Waals surface area contributed by atoms with Gasteiger partial charge in [-0.15, -0.1) is 0 Å². The molecule has 0 aromatic rings. The molecule has 1 amide bonds. The zero-order valence-electron chi connectivity index (χ0n) is 34.5. The molecule has 0 spiro atoms. The first kappa shape index (κ1) is 50.7. The Morgan fingerprint density at radius 3 is 1.52 bits per heavy atom. The van der Waals surface area contributed by atoms with Crippen LogP contribution in [0.15, 0.2) is 36.5 Å². The van der Waals surface area contributed by atoms with Crippen molar-refractivity contribution in [2.75, 3.05) is 40.9 Å². The Kier molecular flexibility index (Phi) is 34.6. The molecular formula is C43H83N2O6P. The van der Waals surface area contributed by atoms with E-state index >= 15 is 0 Å². The van der Waals surface area contributed by atoms with Crippen molar-refractivity contribution in [3.8, 4) is 0 Å². The molecule has 0 aliphatic carbocycles. The maximum absolute atomic E-state index is 12.2. The number of allylic oxidation sites excluding steroid dienone is 5. The van der Waals surface area contributed by atoms with Gasteiger partial charge in [-0.3, -0.25) is 9.36 Å². The van der Waals surface area contributed by atoms with Crippen LogP contribution in [-0.4, -0.2) is 68.5 Å². The number of phosphoric ester groups is 1. The highest BCUT2D eigenvalue weighted by molar-refractivity contribution is 7.45. The number of aliphatic hydroxyl groups is 1. The maximum Gasteiger partial charge on any atom is 0.268 e. The molecule has 0 bridgehead atoms. The summed E-state index contributed by atoms with van der Waals surface area (Å²) in [6, 6.07) is -0.902. The van der Waals surface area contributed by atoms with Gasteiger partial charge >= 0.3 is 0 Å². The number of phosphoric acid groups is 1. The average molecular weight is 755 g/mol. The minimum atomic E-state index is -4.57. The first-order valence-corrected chi connectivity index (χ1v) is 22.8. The fraction of sp³-hybridized carbons (Fsp3) is 0.837. The van der Waals surface area contributed by atoms with Gasteiger partial charge in [-0.05, 0) is 44.9 Å². The molecule has 52 heavy (non-hydrogen) atoms. The minimum absolute atomic E-state index is 0.0109. The Labute approximate surface area is 321 Å². The largest absolute Gasteiger partial charge is 0.756 e. The summed E-state index contributed by atoms with van der Waals surface area (Å²) in [5, 5.41) is 13.4. The summed E-state index contributed by atoms with van der Waals surface area (Å²) >= 11 is 0. The fourth-order valence-corrected chi connectivity index (χ4v) is 6.66. The number of hydrogen-bond acceptors (Lipinski definition) is 6. The highest BCUT2D eigenvalue weighted by Gasteiger charge is 2.23. The standard InChI is InChI=1S/C43H83N2O6P/c1-6-8-9-10-11-12-13-14-15-16-17-18-19-20-21-22-23-24-25-26-27-28-29-30-31-32-33-34-35-37-42(46)41(44-43(47)36-7-2)40-51-52(48,49)50-39-38-45(3,4)5/h27-28,31-32,35,37,41-42,46H,6-26,29-30,33-34,36,38-40H2,1-5H3,(H-,44,47,48,49)/b28-27+,32-31+,37-35+. The highest BCUT2D eigenvalue weighted by atomic mass is 31.2. The molecule has 9 heteroatoms. The van der Waals surface area contributed by atoms with E-state index in [9.17, 15) is 19.4 Å². The number of nitrogens with one attached hydrogen (secondary N) is 1. The second kappa shape index (κ2) is 35.4. The van der Waals surface area contributed by atoms with Crippen LogP contribution in [0.3, 0.4) is 0 Å². The lowest BCUT2D eigenvalue weighted by Crippen LogP contribution is -2.45. The summed E-state index contributed by atoms with van der Waals surface area (Å²) in [6.45, 7) is 4.24. The normalized spacial score (nSPS) is 14.8. The van der Waals surface area contributed by atoms with Crippen LogP contribution >= 0.6 is 7.82 Å². The van der Waals surface area contributed by atoms with Crippen molar-refractivity contribution in [1.82, 2.24) is 5.32 Å². The quantitative estimate of drug-likeness (QED) is 0.0281. The molecule has 2 N–H and O–H groups in total. The first-order valence-electron chi connectivity index (χ1n) is 21.4. The number of nitrogens with zero attached hydrogens (tertiary/aromatic N) is 1. The van der Waals surface area contributed by atoms with Crippen LogP contribution in [0.4, 0.5) is 0 Å². The van der Waals surface area contributed by atoms with E-state index in [1.54, 1.807) is 6.08 Å². The van der Waals surface area contributed by atoms with Crippen molar-refractivity contribution < 1.29 is 32.9 Å². The molecule has 3 atom stereocenters. The van der Waals surface area contributed by atoms with E-state index in [4.69, 9.17) is 9.05 Å². The molecule has 3 unspecified atom stereocenters. The lowest BCUT2D eigenvalue weighted by molar-refractivity contribution is -0.870. The van der Waals surface area contributed by atoms with Gasteiger partial charge in [-0.25, -0.2) is 0 Å². The van der Waals surface area contributed by atoms with Gasteiger partial charge in [-0.1, -0.05) is 166 Å². The number of likely N-dealkylation sites (N-methyl/N-ethyl adjacent to an activating group) is 1. The second-order valence-corrected chi connectivity index (χ2v) is 17.1. The maximum atomic E-state index is 12.2. The van der Waals surface area contributed by atoms with E-state index < -0.39 is 26.6 Å². The fourth-order valence-electron chi connectivity index (χ4n) is 5.93. The van der Waals surface area contributed by atoms with Gasteiger partial charge in [0.15, 0.2) is 0 Å². The predicted octanol–water partition coefficient (Wildman–Crippen LogP) is 10.9.